The Kier molecular flexibility index (Phi) is 3.21. The van der Waals surface area contributed by atoms with Crippen molar-refractivity contribution >= 4 is 23.1 Å². The van der Waals surface area contributed by atoms with Gasteiger partial charge in [0.05, 0.1) is 5.69 Å². The second-order valence-corrected chi connectivity index (χ2v) is 5.45. The van der Waals surface area contributed by atoms with Gasteiger partial charge in [-0.3, -0.25) is 0 Å². The zero-order chi connectivity index (χ0) is 13.2. The Labute approximate surface area is 114 Å². The third-order valence-electron chi connectivity index (χ3n) is 3.21. The van der Waals surface area contributed by atoms with Crippen molar-refractivity contribution in [3.8, 4) is 0 Å². The summed E-state index contributed by atoms with van der Waals surface area (Å²) in [4.78, 5) is 15.2. The number of nitrogens with zero attached hydrogens (tertiary/aromatic N) is 1. The third-order valence-corrected chi connectivity index (χ3v) is 4.23. The summed E-state index contributed by atoms with van der Waals surface area (Å²) in [5.41, 5.74) is 1.42. The van der Waals surface area contributed by atoms with Crippen molar-refractivity contribution in [3.05, 3.63) is 52.0 Å². The molecule has 3 nitrogen and oxygen atoms in total. The van der Waals surface area contributed by atoms with Crippen molar-refractivity contribution in [3.63, 3.8) is 0 Å². The van der Waals surface area contributed by atoms with E-state index >= 15 is 0 Å². The third kappa shape index (κ3) is 2.46. The Morgan fingerprint density at radius 3 is 3.00 bits per heavy atom. The normalized spacial score (nSPS) is 14.1. The molecule has 1 N–H and O–H groups in total. The number of amides is 2. The van der Waals surface area contributed by atoms with Crippen LogP contribution >= 0.6 is 11.3 Å². The molecule has 2 heterocycles. The van der Waals surface area contributed by atoms with Gasteiger partial charge in [0.1, 0.15) is 5.82 Å². The van der Waals surface area contributed by atoms with Gasteiger partial charge in [-0.1, -0.05) is 12.1 Å². The molecule has 0 spiro atoms. The second kappa shape index (κ2) is 5.01. The number of hydrogen-bond acceptors (Lipinski definition) is 2. The van der Waals surface area contributed by atoms with Crippen molar-refractivity contribution in [1.29, 1.82) is 0 Å². The van der Waals surface area contributed by atoms with Crippen molar-refractivity contribution in [2.24, 2.45) is 0 Å². The Balaban J connectivity index is 1.71. The van der Waals surface area contributed by atoms with E-state index in [1.165, 1.54) is 16.5 Å². The lowest BCUT2D eigenvalue weighted by molar-refractivity contribution is 0.206. The van der Waals surface area contributed by atoms with Crippen molar-refractivity contribution < 1.29 is 9.18 Å². The molecular weight excluding hydrogens is 263 g/mol. The first-order chi connectivity index (χ1) is 9.24. The number of fused-ring (bicyclic) bond motifs is 1. The van der Waals surface area contributed by atoms with Crippen LogP contribution in [0.25, 0.3) is 0 Å². The molecule has 0 saturated heterocycles. The first-order valence-electron chi connectivity index (χ1n) is 6.10. The topological polar surface area (TPSA) is 32.3 Å². The van der Waals surface area contributed by atoms with Crippen LogP contribution in [0.15, 0.2) is 35.7 Å². The molecule has 5 heteroatoms. The van der Waals surface area contributed by atoms with Gasteiger partial charge in [0.2, 0.25) is 0 Å². The van der Waals surface area contributed by atoms with E-state index < -0.39 is 5.82 Å². The highest BCUT2D eigenvalue weighted by Gasteiger charge is 2.21. The standard InChI is InChI=1S/C14H13FN2OS/c15-11-3-1-2-4-12(11)16-14(18)17-7-5-13-10(9-17)6-8-19-13/h1-4,6,8H,5,7,9H2,(H,16,18). The van der Waals surface area contributed by atoms with Gasteiger partial charge in [0.15, 0.2) is 0 Å². The number of halogens is 1. The highest BCUT2D eigenvalue weighted by molar-refractivity contribution is 7.10. The molecule has 1 aromatic carbocycles. The maximum Gasteiger partial charge on any atom is 0.322 e. The molecule has 1 aliphatic heterocycles. The maximum atomic E-state index is 13.5. The van der Waals surface area contributed by atoms with Crippen molar-refractivity contribution in [2.75, 3.05) is 11.9 Å². The molecular formula is C14H13FN2OS. The summed E-state index contributed by atoms with van der Waals surface area (Å²) in [5, 5.41) is 4.66. The number of rotatable bonds is 1. The van der Waals surface area contributed by atoms with Crippen LogP contribution in [0.2, 0.25) is 0 Å². The second-order valence-electron chi connectivity index (χ2n) is 4.45. The maximum absolute atomic E-state index is 13.5. The van der Waals surface area contributed by atoms with Crippen LogP contribution in [-0.2, 0) is 13.0 Å². The van der Waals surface area contributed by atoms with Crippen molar-refractivity contribution in [2.45, 2.75) is 13.0 Å². The lowest BCUT2D eigenvalue weighted by Gasteiger charge is -2.27. The fourth-order valence-electron chi connectivity index (χ4n) is 2.18. The summed E-state index contributed by atoms with van der Waals surface area (Å²) in [6.45, 7) is 1.27. The summed E-state index contributed by atoms with van der Waals surface area (Å²) in [6.07, 6.45) is 0.873. The van der Waals surface area contributed by atoms with Gasteiger partial charge in [-0.2, -0.15) is 0 Å². The molecule has 19 heavy (non-hydrogen) atoms. The lowest BCUT2D eigenvalue weighted by Crippen LogP contribution is -2.38. The van der Waals surface area contributed by atoms with E-state index in [1.807, 2.05) is 11.4 Å². The van der Waals surface area contributed by atoms with Crippen LogP contribution in [0.1, 0.15) is 10.4 Å². The lowest BCUT2D eigenvalue weighted by atomic mass is 10.1. The average Bonchev–Trinajstić information content (AvgIpc) is 2.88. The van der Waals surface area contributed by atoms with Crippen LogP contribution in [0.4, 0.5) is 14.9 Å². The molecule has 0 unspecified atom stereocenters. The largest absolute Gasteiger partial charge is 0.322 e. The fourth-order valence-corrected chi connectivity index (χ4v) is 3.07. The van der Waals surface area contributed by atoms with Crippen LogP contribution in [0, 0.1) is 5.82 Å². The molecule has 2 aromatic rings. The number of benzene rings is 1. The Morgan fingerprint density at radius 1 is 1.32 bits per heavy atom. The summed E-state index contributed by atoms with van der Waals surface area (Å²) in [6, 6.07) is 8.00. The molecule has 2 amide bonds. The van der Waals surface area contributed by atoms with E-state index in [9.17, 15) is 9.18 Å². The molecule has 0 saturated carbocycles. The van der Waals surface area contributed by atoms with Gasteiger partial charge in [-0.15, -0.1) is 11.3 Å². The number of hydrogen-bond donors (Lipinski definition) is 1. The molecule has 3 rings (SSSR count). The van der Waals surface area contributed by atoms with Crippen LogP contribution in [-0.4, -0.2) is 17.5 Å². The first-order valence-corrected chi connectivity index (χ1v) is 6.98. The average molecular weight is 276 g/mol. The molecule has 0 bridgehead atoms. The van der Waals surface area contributed by atoms with E-state index in [1.54, 1.807) is 34.4 Å². The molecule has 0 atom stereocenters. The Bertz CT molecular complexity index is 611. The van der Waals surface area contributed by atoms with Gasteiger partial charge in [-0.25, -0.2) is 9.18 Å². The number of thiophene rings is 1. The number of anilines is 1. The van der Waals surface area contributed by atoms with E-state index in [2.05, 4.69) is 5.32 Å². The first kappa shape index (κ1) is 12.2. The minimum absolute atomic E-state index is 0.226. The molecule has 1 aromatic heterocycles. The molecule has 98 valence electrons. The van der Waals surface area contributed by atoms with E-state index in [0.717, 1.165) is 6.42 Å². The number of carbonyl (C=O) groups is 1. The smallest absolute Gasteiger partial charge is 0.320 e. The van der Waals surface area contributed by atoms with E-state index in [-0.39, 0.29) is 11.7 Å². The van der Waals surface area contributed by atoms with Crippen LogP contribution in [0.3, 0.4) is 0 Å². The van der Waals surface area contributed by atoms with Gasteiger partial charge < -0.3 is 10.2 Å². The van der Waals surface area contributed by atoms with Gasteiger partial charge in [0.25, 0.3) is 0 Å². The van der Waals surface area contributed by atoms with Gasteiger partial charge in [0, 0.05) is 18.0 Å². The Hall–Kier alpha value is -1.88. The molecule has 1 aliphatic rings. The quantitative estimate of drug-likeness (QED) is 0.849. The zero-order valence-corrected chi connectivity index (χ0v) is 11.0. The van der Waals surface area contributed by atoms with Crippen LogP contribution in [0.5, 0.6) is 0 Å². The monoisotopic (exact) mass is 276 g/mol. The summed E-state index contributed by atoms with van der Waals surface area (Å²) >= 11 is 1.73. The SMILES string of the molecule is O=C(Nc1ccccc1F)N1CCc2sccc2C1. The summed E-state index contributed by atoms with van der Waals surface area (Å²) in [7, 11) is 0. The van der Waals surface area contributed by atoms with Crippen LogP contribution < -0.4 is 5.32 Å². The summed E-state index contributed by atoms with van der Waals surface area (Å²) in [5.74, 6) is -0.413. The molecule has 0 radical (unpaired) electrons. The van der Waals surface area contributed by atoms with Gasteiger partial charge in [-0.05, 0) is 35.6 Å². The highest BCUT2D eigenvalue weighted by Crippen LogP contribution is 2.24. The van der Waals surface area contributed by atoms with Gasteiger partial charge >= 0.3 is 6.03 Å². The molecule has 0 fully saturated rings. The minimum Gasteiger partial charge on any atom is -0.320 e. The van der Waals surface area contributed by atoms with E-state index in [0.29, 0.717) is 13.1 Å². The number of urea groups is 1. The predicted molar refractivity (Wildman–Crippen MR) is 73.9 cm³/mol. The number of para-hydroxylation sites is 1. The summed E-state index contributed by atoms with van der Waals surface area (Å²) < 4.78 is 13.5. The zero-order valence-electron chi connectivity index (χ0n) is 10.2. The van der Waals surface area contributed by atoms with E-state index in [4.69, 9.17) is 0 Å². The fraction of sp³-hybridized carbons (Fsp3) is 0.214. The Morgan fingerprint density at radius 2 is 2.16 bits per heavy atom. The van der Waals surface area contributed by atoms with Crippen molar-refractivity contribution in [1.82, 2.24) is 4.90 Å². The number of nitrogens with one attached hydrogen (secondary N) is 1. The predicted octanol–water partition coefficient (Wildman–Crippen LogP) is 3.48. The molecule has 0 aliphatic carbocycles. The minimum atomic E-state index is -0.413. The highest BCUT2D eigenvalue weighted by atomic mass is 32.1. The number of carbonyl (C=O) groups excluding carboxylic acids is 1.